The Labute approximate surface area is 99.4 Å². The van der Waals surface area contributed by atoms with Gasteiger partial charge < -0.3 is 5.73 Å². The number of rotatable bonds is 5. The average molecular weight is 246 g/mol. The van der Waals surface area contributed by atoms with Gasteiger partial charge in [0.2, 0.25) is 0 Å². The number of hydrogen-bond acceptors (Lipinski definition) is 2. The van der Waals surface area contributed by atoms with E-state index in [0.29, 0.717) is 18.5 Å². The van der Waals surface area contributed by atoms with E-state index in [-0.39, 0.29) is 11.2 Å². The smallest absolute Gasteiger partial charge is 0.180 e. The van der Waals surface area contributed by atoms with Crippen LogP contribution in [0.3, 0.4) is 0 Å². The van der Waals surface area contributed by atoms with Crippen molar-refractivity contribution in [2.75, 3.05) is 6.54 Å². The quantitative estimate of drug-likeness (QED) is 0.640. The monoisotopic (exact) mass is 245 g/mol. The molecule has 2 N–H and O–H groups in total. The van der Waals surface area contributed by atoms with Gasteiger partial charge >= 0.3 is 0 Å². The van der Waals surface area contributed by atoms with Gasteiger partial charge in [0.1, 0.15) is 0 Å². The predicted molar refractivity (Wildman–Crippen MR) is 63.7 cm³/mol. The fourth-order valence-corrected chi connectivity index (χ4v) is 1.82. The number of alkyl halides is 2. The molecule has 4 heteroatoms. The summed E-state index contributed by atoms with van der Waals surface area (Å²) in [5, 5.41) is -0.849. The van der Waals surface area contributed by atoms with Gasteiger partial charge in [-0.1, -0.05) is 30.3 Å². The molecule has 0 aliphatic carbocycles. The largest absolute Gasteiger partial charge is 0.329 e. The number of nitrogens with two attached hydrogens (primary N) is 1. The molecule has 0 aromatic heterocycles. The molecule has 2 unspecified atom stereocenters. The van der Waals surface area contributed by atoms with Crippen molar-refractivity contribution in [1.82, 2.24) is 0 Å². The van der Waals surface area contributed by atoms with Crippen molar-refractivity contribution >= 4 is 29.0 Å². The Morgan fingerprint density at radius 3 is 2.40 bits per heavy atom. The lowest BCUT2D eigenvalue weighted by Gasteiger charge is -2.11. The van der Waals surface area contributed by atoms with Gasteiger partial charge in [-0.15, -0.1) is 23.2 Å². The molecule has 0 radical (unpaired) electrons. The Hall–Kier alpha value is -0.570. The first-order valence-electron chi connectivity index (χ1n) is 4.72. The molecule has 0 amide bonds. The van der Waals surface area contributed by atoms with Gasteiger partial charge in [-0.2, -0.15) is 0 Å². The van der Waals surface area contributed by atoms with Crippen LogP contribution in [-0.2, 0) is 0 Å². The molecule has 0 fully saturated rings. The van der Waals surface area contributed by atoms with E-state index >= 15 is 0 Å². The lowest BCUT2D eigenvalue weighted by Crippen LogP contribution is -2.23. The van der Waals surface area contributed by atoms with E-state index in [1.807, 2.05) is 6.07 Å². The highest BCUT2D eigenvalue weighted by Crippen LogP contribution is 2.15. The first kappa shape index (κ1) is 12.5. The van der Waals surface area contributed by atoms with Crippen LogP contribution < -0.4 is 5.73 Å². The highest BCUT2D eigenvalue weighted by atomic mass is 35.5. The van der Waals surface area contributed by atoms with Crippen molar-refractivity contribution in [1.29, 1.82) is 0 Å². The van der Waals surface area contributed by atoms with Crippen molar-refractivity contribution < 1.29 is 4.79 Å². The Morgan fingerprint density at radius 2 is 1.87 bits per heavy atom. The molecule has 2 atom stereocenters. The zero-order chi connectivity index (χ0) is 11.3. The second kappa shape index (κ2) is 6.11. The van der Waals surface area contributed by atoms with Crippen LogP contribution in [0.1, 0.15) is 16.8 Å². The minimum Gasteiger partial charge on any atom is -0.329 e. The summed E-state index contributed by atoms with van der Waals surface area (Å²) in [6, 6.07) is 8.94. The molecule has 0 heterocycles. The SMILES string of the molecule is NCC(Cl)CC(Cl)C(=O)c1ccccc1. The third-order valence-electron chi connectivity index (χ3n) is 2.06. The summed E-state index contributed by atoms with van der Waals surface area (Å²) in [4.78, 5) is 11.8. The molecule has 15 heavy (non-hydrogen) atoms. The van der Waals surface area contributed by atoms with Gasteiger partial charge in [-0.25, -0.2) is 0 Å². The molecule has 0 spiro atoms. The second-order valence-electron chi connectivity index (χ2n) is 3.27. The molecular weight excluding hydrogens is 233 g/mol. The molecule has 2 nitrogen and oxygen atoms in total. The predicted octanol–water partition coefficient (Wildman–Crippen LogP) is 2.43. The summed E-state index contributed by atoms with van der Waals surface area (Å²) < 4.78 is 0. The number of carbonyl (C=O) groups is 1. The standard InChI is InChI=1S/C11H13Cl2NO/c12-9(7-14)6-10(13)11(15)8-4-2-1-3-5-8/h1-5,9-10H,6-7,14H2. The zero-order valence-corrected chi connectivity index (χ0v) is 9.71. The van der Waals surface area contributed by atoms with E-state index in [1.165, 1.54) is 0 Å². The molecule has 1 aromatic carbocycles. The van der Waals surface area contributed by atoms with E-state index in [1.54, 1.807) is 24.3 Å². The summed E-state index contributed by atoms with van der Waals surface area (Å²) in [6.45, 7) is 0.326. The van der Waals surface area contributed by atoms with Crippen LogP contribution in [0.5, 0.6) is 0 Å². The van der Waals surface area contributed by atoms with Gasteiger partial charge in [0.15, 0.2) is 5.78 Å². The number of benzene rings is 1. The Kier molecular flexibility index (Phi) is 5.09. The Balaban J connectivity index is 2.61. The zero-order valence-electron chi connectivity index (χ0n) is 8.20. The fourth-order valence-electron chi connectivity index (χ4n) is 1.21. The lowest BCUT2D eigenvalue weighted by atomic mass is 10.1. The van der Waals surface area contributed by atoms with Crippen molar-refractivity contribution in [3.05, 3.63) is 35.9 Å². The van der Waals surface area contributed by atoms with Crippen molar-refractivity contribution in [2.24, 2.45) is 5.73 Å². The Bertz CT molecular complexity index is 316. The maximum atomic E-state index is 11.8. The molecule has 1 aromatic rings. The lowest BCUT2D eigenvalue weighted by molar-refractivity contribution is 0.0984. The van der Waals surface area contributed by atoms with E-state index < -0.39 is 5.38 Å². The summed E-state index contributed by atoms with van der Waals surface area (Å²) in [6.07, 6.45) is 0.396. The summed E-state index contributed by atoms with van der Waals surface area (Å²) in [5.41, 5.74) is 5.97. The fraction of sp³-hybridized carbons (Fsp3) is 0.364. The van der Waals surface area contributed by atoms with Crippen LogP contribution in [0.15, 0.2) is 30.3 Å². The van der Waals surface area contributed by atoms with Crippen LogP contribution >= 0.6 is 23.2 Å². The number of hydrogen-bond donors (Lipinski definition) is 1. The third kappa shape index (κ3) is 3.82. The number of halogens is 2. The molecule has 82 valence electrons. The topological polar surface area (TPSA) is 43.1 Å². The van der Waals surface area contributed by atoms with Crippen molar-refractivity contribution in [3.63, 3.8) is 0 Å². The summed E-state index contributed by atoms with van der Waals surface area (Å²) in [7, 11) is 0. The minimum atomic E-state index is -0.599. The van der Waals surface area contributed by atoms with Crippen LogP contribution in [0.2, 0.25) is 0 Å². The van der Waals surface area contributed by atoms with E-state index in [4.69, 9.17) is 28.9 Å². The molecule has 0 bridgehead atoms. The van der Waals surface area contributed by atoms with Crippen molar-refractivity contribution in [3.8, 4) is 0 Å². The van der Waals surface area contributed by atoms with E-state index in [2.05, 4.69) is 0 Å². The van der Waals surface area contributed by atoms with Crippen LogP contribution in [-0.4, -0.2) is 23.1 Å². The second-order valence-corrected chi connectivity index (χ2v) is 4.41. The van der Waals surface area contributed by atoms with Crippen LogP contribution in [0.25, 0.3) is 0 Å². The minimum absolute atomic E-state index is 0.101. The van der Waals surface area contributed by atoms with Gasteiger partial charge in [-0.05, 0) is 6.42 Å². The normalized spacial score (nSPS) is 14.6. The van der Waals surface area contributed by atoms with Crippen LogP contribution in [0.4, 0.5) is 0 Å². The first-order valence-corrected chi connectivity index (χ1v) is 5.60. The van der Waals surface area contributed by atoms with E-state index in [9.17, 15) is 4.79 Å². The van der Waals surface area contributed by atoms with Gasteiger partial charge in [0.05, 0.1) is 5.38 Å². The van der Waals surface area contributed by atoms with Gasteiger partial charge in [-0.3, -0.25) is 4.79 Å². The first-order chi connectivity index (χ1) is 7.15. The molecule has 0 saturated carbocycles. The highest BCUT2D eigenvalue weighted by Gasteiger charge is 2.19. The Morgan fingerprint density at radius 1 is 1.27 bits per heavy atom. The average Bonchev–Trinajstić information content (AvgIpc) is 2.29. The third-order valence-corrected chi connectivity index (χ3v) is 2.79. The summed E-state index contributed by atoms with van der Waals surface area (Å²) >= 11 is 11.8. The van der Waals surface area contributed by atoms with Crippen LogP contribution in [0, 0.1) is 0 Å². The molecule has 1 rings (SSSR count). The molecule has 0 aliphatic rings. The number of ketones is 1. The molecule has 0 saturated heterocycles. The molecule has 0 aliphatic heterocycles. The van der Waals surface area contributed by atoms with Crippen molar-refractivity contribution in [2.45, 2.75) is 17.2 Å². The summed E-state index contributed by atoms with van der Waals surface area (Å²) in [5.74, 6) is -0.101. The number of Topliss-reactive ketones (excluding diaryl/α,β-unsaturated/α-hetero) is 1. The molecular formula is C11H13Cl2NO. The van der Waals surface area contributed by atoms with Gasteiger partial charge in [0, 0.05) is 17.5 Å². The number of carbonyl (C=O) groups excluding carboxylic acids is 1. The highest BCUT2D eigenvalue weighted by molar-refractivity contribution is 6.34. The maximum Gasteiger partial charge on any atom is 0.180 e. The van der Waals surface area contributed by atoms with E-state index in [0.717, 1.165) is 0 Å². The maximum absolute atomic E-state index is 11.8. The van der Waals surface area contributed by atoms with Gasteiger partial charge in [0.25, 0.3) is 0 Å².